The van der Waals surface area contributed by atoms with Crippen molar-refractivity contribution in [3.8, 4) is 0 Å². The molecule has 7 nitrogen and oxygen atoms in total. The van der Waals surface area contributed by atoms with Gasteiger partial charge in [0.05, 0.1) is 18.8 Å². The molecule has 1 fully saturated rings. The van der Waals surface area contributed by atoms with E-state index >= 15 is 0 Å². The van der Waals surface area contributed by atoms with Crippen LogP contribution in [0.15, 0.2) is 66.9 Å². The van der Waals surface area contributed by atoms with E-state index < -0.39 is 0 Å². The van der Waals surface area contributed by atoms with Crippen molar-refractivity contribution in [2.45, 2.75) is 12.6 Å². The summed E-state index contributed by atoms with van der Waals surface area (Å²) < 4.78 is 14.8. The van der Waals surface area contributed by atoms with Crippen LogP contribution in [0.3, 0.4) is 0 Å². The first-order chi connectivity index (χ1) is 14.7. The van der Waals surface area contributed by atoms with Crippen LogP contribution in [0.2, 0.25) is 0 Å². The van der Waals surface area contributed by atoms with E-state index in [2.05, 4.69) is 26.5 Å². The third kappa shape index (κ3) is 4.97. The minimum atomic E-state index is -0.267. The van der Waals surface area contributed by atoms with Gasteiger partial charge in [0.25, 0.3) is 5.91 Å². The highest BCUT2D eigenvalue weighted by atomic mass is 19.1. The van der Waals surface area contributed by atoms with Crippen molar-refractivity contribution < 1.29 is 9.18 Å². The summed E-state index contributed by atoms with van der Waals surface area (Å²) in [6.45, 7) is 1.68. The summed E-state index contributed by atoms with van der Waals surface area (Å²) in [7, 11) is 0. The topological polar surface area (TPSA) is 83.9 Å². The van der Waals surface area contributed by atoms with E-state index in [1.54, 1.807) is 23.0 Å². The van der Waals surface area contributed by atoms with Crippen molar-refractivity contribution in [1.29, 1.82) is 0 Å². The Morgan fingerprint density at radius 1 is 1.20 bits per heavy atom. The summed E-state index contributed by atoms with van der Waals surface area (Å²) in [5, 5.41) is 10.9. The number of aromatic nitrogens is 3. The van der Waals surface area contributed by atoms with E-state index in [0.717, 1.165) is 11.1 Å². The van der Waals surface area contributed by atoms with E-state index in [1.807, 2.05) is 42.5 Å². The average molecular weight is 406 g/mol. The normalized spacial score (nSPS) is 18.7. The zero-order chi connectivity index (χ0) is 20.8. The molecule has 0 spiro atoms. The maximum absolute atomic E-state index is 13.2. The van der Waals surface area contributed by atoms with Gasteiger partial charge in [-0.3, -0.25) is 10.2 Å². The second kappa shape index (κ2) is 9.43. The average Bonchev–Trinajstić information content (AvgIpc) is 3.43. The molecular formula is C22H23FN6O. The molecule has 1 saturated heterocycles. The second-order valence-electron chi connectivity index (χ2n) is 7.16. The third-order valence-corrected chi connectivity index (χ3v) is 5.02. The number of rotatable bonds is 7. The first-order valence-corrected chi connectivity index (χ1v) is 9.83. The molecular weight excluding hydrogens is 383 g/mol. The number of amides is 1. The first-order valence-electron chi connectivity index (χ1n) is 9.83. The van der Waals surface area contributed by atoms with Crippen LogP contribution in [0.1, 0.15) is 27.7 Å². The molecule has 0 saturated carbocycles. The van der Waals surface area contributed by atoms with Crippen LogP contribution in [0.25, 0.3) is 6.08 Å². The summed E-state index contributed by atoms with van der Waals surface area (Å²) in [6, 6.07) is 16.3. The van der Waals surface area contributed by atoms with E-state index in [9.17, 15) is 9.18 Å². The lowest BCUT2D eigenvalue weighted by atomic mass is 9.95. The Bertz CT molecular complexity index is 1000. The summed E-state index contributed by atoms with van der Waals surface area (Å²) >= 11 is 0. The molecule has 0 bridgehead atoms. The zero-order valence-corrected chi connectivity index (χ0v) is 16.3. The SMILES string of the molecule is O=C(NCC1CNNC1c1ccc(F)cc1)c1cn(C/C=C/c2ccccc2)nn1. The molecule has 3 N–H and O–H groups in total. The van der Waals surface area contributed by atoms with Gasteiger partial charge in [-0.2, -0.15) is 0 Å². The number of nitrogens with zero attached hydrogens (tertiary/aromatic N) is 3. The summed E-state index contributed by atoms with van der Waals surface area (Å²) in [6.07, 6.45) is 5.60. The molecule has 3 aromatic rings. The molecule has 154 valence electrons. The number of benzene rings is 2. The number of hydrogen-bond acceptors (Lipinski definition) is 5. The van der Waals surface area contributed by atoms with Gasteiger partial charge >= 0.3 is 0 Å². The Hall–Kier alpha value is -3.36. The molecule has 1 aromatic heterocycles. The predicted octanol–water partition coefficient (Wildman–Crippen LogP) is 2.33. The Balaban J connectivity index is 1.30. The van der Waals surface area contributed by atoms with Crippen molar-refractivity contribution in [3.05, 3.63) is 89.5 Å². The van der Waals surface area contributed by atoms with Crippen LogP contribution >= 0.6 is 0 Å². The largest absolute Gasteiger partial charge is 0.350 e. The Labute approximate surface area is 174 Å². The van der Waals surface area contributed by atoms with E-state index in [0.29, 0.717) is 19.6 Å². The number of halogens is 1. The standard InChI is InChI=1S/C22H23FN6O/c23-19-10-8-17(9-11-19)21-18(14-25-27-21)13-24-22(30)20-15-29(28-26-20)12-4-7-16-5-2-1-3-6-16/h1-11,15,18,21,25,27H,12-14H2,(H,24,30)/b7-4+. The van der Waals surface area contributed by atoms with Gasteiger partial charge < -0.3 is 5.32 Å². The number of carbonyl (C=O) groups excluding carboxylic acids is 1. The number of nitrogens with one attached hydrogen (secondary N) is 3. The molecule has 2 aromatic carbocycles. The van der Waals surface area contributed by atoms with Crippen molar-refractivity contribution >= 4 is 12.0 Å². The number of hydrazine groups is 1. The maximum atomic E-state index is 13.2. The van der Waals surface area contributed by atoms with Crippen LogP contribution in [-0.4, -0.2) is 34.0 Å². The van der Waals surface area contributed by atoms with Gasteiger partial charge in [-0.25, -0.2) is 14.5 Å². The van der Waals surface area contributed by atoms with E-state index in [4.69, 9.17) is 0 Å². The smallest absolute Gasteiger partial charge is 0.273 e. The van der Waals surface area contributed by atoms with Crippen LogP contribution < -0.4 is 16.2 Å². The highest BCUT2D eigenvalue weighted by Gasteiger charge is 2.28. The summed E-state index contributed by atoms with van der Waals surface area (Å²) in [4.78, 5) is 12.5. The minimum Gasteiger partial charge on any atom is -0.350 e. The van der Waals surface area contributed by atoms with E-state index in [-0.39, 0.29) is 29.4 Å². The Morgan fingerprint density at radius 3 is 2.80 bits per heavy atom. The molecule has 1 aliphatic rings. The number of carbonyl (C=O) groups is 1. The highest BCUT2D eigenvalue weighted by Crippen LogP contribution is 2.24. The fraction of sp³-hybridized carbons (Fsp3) is 0.227. The monoisotopic (exact) mass is 406 g/mol. The lowest BCUT2D eigenvalue weighted by molar-refractivity contribution is 0.0941. The van der Waals surface area contributed by atoms with Gasteiger partial charge in [0.15, 0.2) is 5.69 Å². The number of hydrogen-bond donors (Lipinski definition) is 3. The van der Waals surface area contributed by atoms with Gasteiger partial charge in [-0.1, -0.05) is 59.8 Å². The molecule has 1 amide bonds. The molecule has 1 aliphatic heterocycles. The quantitative estimate of drug-likeness (QED) is 0.561. The molecule has 0 aliphatic carbocycles. The molecule has 0 radical (unpaired) electrons. The molecule has 2 heterocycles. The lowest BCUT2D eigenvalue weighted by Gasteiger charge is -2.19. The molecule has 30 heavy (non-hydrogen) atoms. The minimum absolute atomic E-state index is 0.00953. The fourth-order valence-electron chi connectivity index (χ4n) is 3.42. The summed E-state index contributed by atoms with van der Waals surface area (Å²) in [5.74, 6) is -0.405. The van der Waals surface area contributed by atoms with Crippen LogP contribution in [0.4, 0.5) is 4.39 Å². The summed E-state index contributed by atoms with van der Waals surface area (Å²) in [5.41, 5.74) is 8.64. The Morgan fingerprint density at radius 2 is 2.00 bits per heavy atom. The van der Waals surface area contributed by atoms with Gasteiger partial charge in [-0.15, -0.1) is 5.10 Å². The third-order valence-electron chi connectivity index (χ3n) is 5.02. The van der Waals surface area contributed by atoms with Gasteiger partial charge in [-0.05, 0) is 23.3 Å². The molecule has 2 atom stereocenters. The molecule has 4 rings (SSSR count). The first kappa shape index (κ1) is 19.9. The van der Waals surface area contributed by atoms with Crippen molar-refractivity contribution in [1.82, 2.24) is 31.2 Å². The zero-order valence-electron chi connectivity index (χ0n) is 16.3. The second-order valence-corrected chi connectivity index (χ2v) is 7.16. The van der Waals surface area contributed by atoms with Gasteiger partial charge in [0, 0.05) is 19.0 Å². The van der Waals surface area contributed by atoms with E-state index in [1.165, 1.54) is 12.1 Å². The van der Waals surface area contributed by atoms with Crippen LogP contribution in [0, 0.1) is 11.7 Å². The van der Waals surface area contributed by atoms with Crippen molar-refractivity contribution in [2.75, 3.05) is 13.1 Å². The highest BCUT2D eigenvalue weighted by molar-refractivity contribution is 5.91. The van der Waals surface area contributed by atoms with Gasteiger partial charge in [0.1, 0.15) is 5.82 Å². The van der Waals surface area contributed by atoms with Gasteiger partial charge in [0.2, 0.25) is 0 Å². The predicted molar refractivity (Wildman–Crippen MR) is 112 cm³/mol. The molecule has 8 heteroatoms. The van der Waals surface area contributed by atoms with Crippen molar-refractivity contribution in [3.63, 3.8) is 0 Å². The van der Waals surface area contributed by atoms with Crippen LogP contribution in [-0.2, 0) is 6.54 Å². The molecule has 2 unspecified atom stereocenters. The van der Waals surface area contributed by atoms with Crippen molar-refractivity contribution in [2.24, 2.45) is 5.92 Å². The lowest BCUT2D eigenvalue weighted by Crippen LogP contribution is -2.33. The van der Waals surface area contributed by atoms with Crippen LogP contribution in [0.5, 0.6) is 0 Å². The fourth-order valence-corrected chi connectivity index (χ4v) is 3.42. The maximum Gasteiger partial charge on any atom is 0.273 e. The Kier molecular flexibility index (Phi) is 6.26. The number of allylic oxidation sites excluding steroid dienone is 1.